The molecule has 1 amide bonds. The summed E-state index contributed by atoms with van der Waals surface area (Å²) in [6.07, 6.45) is 2.81. The fourth-order valence-corrected chi connectivity index (χ4v) is 4.13. The zero-order chi connectivity index (χ0) is 13.2. The Balaban J connectivity index is 1.99. The lowest BCUT2D eigenvalue weighted by atomic mass is 10.2. The Morgan fingerprint density at radius 3 is 2.94 bits per heavy atom. The Labute approximate surface area is 114 Å². The number of carbonyl (C=O) groups is 1. The van der Waals surface area contributed by atoms with Crippen molar-refractivity contribution in [3.05, 3.63) is 28.5 Å². The first kappa shape index (κ1) is 13.5. The van der Waals surface area contributed by atoms with Crippen molar-refractivity contribution < 1.29 is 13.2 Å². The summed E-state index contributed by atoms with van der Waals surface area (Å²) >= 11 is 3.23. The fraction of sp³-hybridized carbons (Fsp3) is 0.455. The predicted octanol–water partition coefficient (Wildman–Crippen LogP) is 1.15. The van der Waals surface area contributed by atoms with Crippen molar-refractivity contribution in [1.82, 2.24) is 10.3 Å². The number of sulfone groups is 1. The second kappa shape index (κ2) is 5.36. The van der Waals surface area contributed by atoms with Gasteiger partial charge in [0.2, 0.25) is 0 Å². The number of rotatable bonds is 3. The molecule has 2 rings (SSSR count). The number of hydrogen-bond donors (Lipinski definition) is 1. The lowest BCUT2D eigenvalue weighted by Crippen LogP contribution is -2.35. The summed E-state index contributed by atoms with van der Waals surface area (Å²) in [7, 11) is -3.02. The molecule has 0 aromatic carbocycles. The van der Waals surface area contributed by atoms with Crippen LogP contribution in [0.4, 0.5) is 0 Å². The van der Waals surface area contributed by atoms with Crippen molar-refractivity contribution in [3.8, 4) is 0 Å². The van der Waals surface area contributed by atoms with Gasteiger partial charge in [0, 0.05) is 17.2 Å². The SMILES string of the molecule is O=C(NCC1CCCS1(=O)=O)c1ncccc1Br. The lowest BCUT2D eigenvalue weighted by Gasteiger charge is -2.10. The smallest absolute Gasteiger partial charge is 0.271 e. The second-order valence-electron chi connectivity index (χ2n) is 4.18. The van der Waals surface area contributed by atoms with Gasteiger partial charge in [-0.15, -0.1) is 0 Å². The molecular formula is C11H13BrN2O3S. The molecule has 1 aliphatic heterocycles. The van der Waals surface area contributed by atoms with E-state index in [0.29, 0.717) is 17.3 Å². The van der Waals surface area contributed by atoms with Crippen molar-refractivity contribution in [3.63, 3.8) is 0 Å². The zero-order valence-corrected chi connectivity index (χ0v) is 12.0. The average Bonchev–Trinajstić information content (AvgIpc) is 2.66. The highest BCUT2D eigenvalue weighted by Crippen LogP contribution is 2.19. The number of halogens is 1. The van der Waals surface area contributed by atoms with E-state index in [0.717, 1.165) is 0 Å². The van der Waals surface area contributed by atoms with Crippen LogP contribution in [0.5, 0.6) is 0 Å². The molecule has 0 spiro atoms. The molecule has 5 nitrogen and oxygen atoms in total. The summed E-state index contributed by atoms with van der Waals surface area (Å²) in [6.45, 7) is 0.157. The first-order valence-corrected chi connectivity index (χ1v) is 8.12. The molecule has 0 radical (unpaired) electrons. The molecule has 0 aliphatic carbocycles. The van der Waals surface area contributed by atoms with E-state index in [2.05, 4.69) is 26.2 Å². The molecule has 1 fully saturated rings. The summed E-state index contributed by atoms with van der Waals surface area (Å²) < 4.78 is 23.8. The van der Waals surface area contributed by atoms with Crippen molar-refractivity contribution in [2.75, 3.05) is 12.3 Å². The third-order valence-corrected chi connectivity index (χ3v) is 5.84. The molecule has 1 aromatic rings. The minimum Gasteiger partial charge on any atom is -0.349 e. The van der Waals surface area contributed by atoms with Gasteiger partial charge in [-0.25, -0.2) is 13.4 Å². The minimum absolute atomic E-state index is 0.157. The first-order chi connectivity index (χ1) is 8.50. The van der Waals surface area contributed by atoms with Gasteiger partial charge in [-0.05, 0) is 40.9 Å². The van der Waals surface area contributed by atoms with Gasteiger partial charge in [-0.1, -0.05) is 0 Å². The molecule has 0 saturated carbocycles. The van der Waals surface area contributed by atoms with Crippen molar-refractivity contribution in [2.45, 2.75) is 18.1 Å². The Morgan fingerprint density at radius 2 is 2.33 bits per heavy atom. The van der Waals surface area contributed by atoms with Crippen molar-refractivity contribution in [1.29, 1.82) is 0 Å². The number of nitrogens with one attached hydrogen (secondary N) is 1. The molecule has 0 bridgehead atoms. The highest BCUT2D eigenvalue weighted by atomic mass is 79.9. The molecule has 1 aromatic heterocycles. The number of carbonyl (C=O) groups excluding carboxylic acids is 1. The van der Waals surface area contributed by atoms with Gasteiger partial charge in [0.05, 0.1) is 11.0 Å². The van der Waals surface area contributed by atoms with Gasteiger partial charge in [-0.2, -0.15) is 0 Å². The van der Waals surface area contributed by atoms with Gasteiger partial charge in [-0.3, -0.25) is 4.79 Å². The van der Waals surface area contributed by atoms with Crippen molar-refractivity contribution >= 4 is 31.7 Å². The minimum atomic E-state index is -3.02. The highest BCUT2D eigenvalue weighted by molar-refractivity contribution is 9.10. The van der Waals surface area contributed by atoms with Gasteiger partial charge in [0.1, 0.15) is 5.69 Å². The number of aromatic nitrogens is 1. The molecule has 1 atom stereocenters. The zero-order valence-electron chi connectivity index (χ0n) is 9.60. The van der Waals surface area contributed by atoms with E-state index in [1.807, 2.05) is 0 Å². The quantitative estimate of drug-likeness (QED) is 0.900. The molecule has 1 unspecified atom stereocenters. The van der Waals surface area contributed by atoms with Gasteiger partial charge in [0.25, 0.3) is 5.91 Å². The molecule has 1 N–H and O–H groups in total. The third kappa shape index (κ3) is 2.89. The monoisotopic (exact) mass is 332 g/mol. The Morgan fingerprint density at radius 1 is 1.56 bits per heavy atom. The van der Waals surface area contributed by atoms with Crippen LogP contribution in [0.25, 0.3) is 0 Å². The van der Waals surface area contributed by atoms with E-state index in [9.17, 15) is 13.2 Å². The number of hydrogen-bond acceptors (Lipinski definition) is 4. The third-order valence-electron chi connectivity index (χ3n) is 2.93. The first-order valence-electron chi connectivity index (χ1n) is 5.61. The average molecular weight is 333 g/mol. The predicted molar refractivity (Wildman–Crippen MR) is 71.1 cm³/mol. The van der Waals surface area contributed by atoms with Crippen LogP contribution >= 0.6 is 15.9 Å². The van der Waals surface area contributed by atoms with E-state index in [1.165, 1.54) is 6.20 Å². The van der Waals surface area contributed by atoms with Crippen LogP contribution in [0.3, 0.4) is 0 Å². The summed E-state index contributed by atoms with van der Waals surface area (Å²) in [5.41, 5.74) is 0.271. The fourth-order valence-electron chi connectivity index (χ4n) is 1.93. The van der Waals surface area contributed by atoms with E-state index in [1.54, 1.807) is 12.1 Å². The molecule has 1 saturated heterocycles. The maximum absolute atomic E-state index is 11.8. The summed E-state index contributed by atoms with van der Waals surface area (Å²) in [4.78, 5) is 15.8. The van der Waals surface area contributed by atoms with E-state index < -0.39 is 15.1 Å². The Hall–Kier alpha value is -0.950. The highest BCUT2D eigenvalue weighted by Gasteiger charge is 2.31. The van der Waals surface area contributed by atoms with Crippen LogP contribution in [0.15, 0.2) is 22.8 Å². The normalized spacial score (nSPS) is 21.7. The molecular weight excluding hydrogens is 320 g/mol. The van der Waals surface area contributed by atoms with Crippen molar-refractivity contribution in [2.24, 2.45) is 0 Å². The molecule has 2 heterocycles. The summed E-state index contributed by atoms with van der Waals surface area (Å²) in [6, 6.07) is 3.43. The van der Waals surface area contributed by atoms with E-state index in [-0.39, 0.29) is 23.9 Å². The number of nitrogens with zero attached hydrogens (tertiary/aromatic N) is 1. The summed E-state index contributed by atoms with van der Waals surface area (Å²) in [5.74, 6) is -0.134. The Bertz CT molecular complexity index is 559. The molecule has 18 heavy (non-hydrogen) atoms. The molecule has 1 aliphatic rings. The van der Waals surface area contributed by atoms with Crippen LogP contribution in [0.1, 0.15) is 23.3 Å². The van der Waals surface area contributed by atoms with E-state index in [4.69, 9.17) is 0 Å². The second-order valence-corrected chi connectivity index (χ2v) is 7.43. The maximum Gasteiger partial charge on any atom is 0.271 e. The maximum atomic E-state index is 11.8. The molecule has 7 heteroatoms. The van der Waals surface area contributed by atoms with Crippen LogP contribution in [0.2, 0.25) is 0 Å². The van der Waals surface area contributed by atoms with Crippen LogP contribution in [0, 0.1) is 0 Å². The summed E-state index contributed by atoms with van der Waals surface area (Å²) in [5, 5.41) is 2.17. The molecule has 98 valence electrons. The van der Waals surface area contributed by atoms with E-state index >= 15 is 0 Å². The van der Waals surface area contributed by atoms with Crippen LogP contribution in [-0.2, 0) is 9.84 Å². The van der Waals surface area contributed by atoms with Gasteiger partial charge < -0.3 is 5.32 Å². The number of pyridine rings is 1. The standard InChI is InChI=1S/C11H13BrN2O3S/c12-9-4-1-5-13-10(9)11(15)14-7-8-3-2-6-18(8,16)17/h1,4-5,8H,2-3,6-7H2,(H,14,15). The van der Waals surface area contributed by atoms with Gasteiger partial charge >= 0.3 is 0 Å². The number of amides is 1. The lowest BCUT2D eigenvalue weighted by molar-refractivity contribution is 0.0948. The Kier molecular flexibility index (Phi) is 4.01. The van der Waals surface area contributed by atoms with Gasteiger partial charge in [0.15, 0.2) is 9.84 Å². The van der Waals surface area contributed by atoms with Crippen LogP contribution < -0.4 is 5.32 Å². The topological polar surface area (TPSA) is 76.1 Å². The largest absolute Gasteiger partial charge is 0.349 e. The van der Waals surface area contributed by atoms with Crippen LogP contribution in [-0.4, -0.2) is 36.9 Å².